The molecule has 0 N–H and O–H groups in total. The third-order valence-electron chi connectivity index (χ3n) is 10.5. The molecule has 1 aliphatic carbocycles. The van der Waals surface area contributed by atoms with Crippen molar-refractivity contribution in [1.29, 1.82) is 0 Å². The van der Waals surface area contributed by atoms with E-state index in [9.17, 15) is 0 Å². The molecule has 7 aromatic carbocycles. The molecule has 222 valence electrons. The molecule has 9 aromatic rings. The largest absolute Gasteiger partial charge is 0.309 e. The number of fused-ring (bicyclic) bond motifs is 9. The first-order valence-corrected chi connectivity index (χ1v) is 16.5. The molecule has 0 spiro atoms. The van der Waals surface area contributed by atoms with Crippen LogP contribution in [0.2, 0.25) is 0 Å². The van der Waals surface area contributed by atoms with Crippen molar-refractivity contribution in [1.82, 2.24) is 9.13 Å². The van der Waals surface area contributed by atoms with Crippen LogP contribution < -0.4 is 0 Å². The van der Waals surface area contributed by atoms with Gasteiger partial charge >= 0.3 is 0 Å². The number of nitrogens with zero attached hydrogens (tertiary/aromatic N) is 2. The van der Waals surface area contributed by atoms with Gasteiger partial charge in [0.15, 0.2) is 0 Å². The lowest BCUT2D eigenvalue weighted by molar-refractivity contribution is 0.661. The first-order valence-electron chi connectivity index (χ1n) is 16.5. The maximum Gasteiger partial charge on any atom is 0.0619 e. The summed E-state index contributed by atoms with van der Waals surface area (Å²) in [5.41, 5.74) is 15.2. The average Bonchev–Trinajstić information content (AvgIpc) is 3.71. The number of para-hydroxylation sites is 4. The van der Waals surface area contributed by atoms with Crippen molar-refractivity contribution in [3.8, 4) is 33.6 Å². The number of rotatable bonds is 3. The van der Waals surface area contributed by atoms with Gasteiger partial charge in [-0.05, 0) is 76.3 Å². The molecule has 0 fully saturated rings. The van der Waals surface area contributed by atoms with Crippen LogP contribution in [0.25, 0.3) is 77.2 Å². The van der Waals surface area contributed by atoms with Gasteiger partial charge in [0.2, 0.25) is 0 Å². The van der Waals surface area contributed by atoms with Crippen molar-refractivity contribution in [2.75, 3.05) is 0 Å². The topological polar surface area (TPSA) is 9.86 Å². The Morgan fingerprint density at radius 2 is 0.979 bits per heavy atom. The monoisotopic (exact) mass is 600 g/mol. The molecule has 0 bridgehead atoms. The van der Waals surface area contributed by atoms with E-state index in [-0.39, 0.29) is 5.41 Å². The number of hydrogen-bond acceptors (Lipinski definition) is 0. The van der Waals surface area contributed by atoms with Crippen LogP contribution in [-0.4, -0.2) is 9.13 Å². The molecule has 0 radical (unpaired) electrons. The molecule has 10 rings (SSSR count). The highest BCUT2D eigenvalue weighted by Gasteiger charge is 2.36. The molecule has 0 unspecified atom stereocenters. The lowest BCUT2D eigenvalue weighted by atomic mass is 9.82. The zero-order chi connectivity index (χ0) is 31.3. The molecule has 1 aliphatic rings. The van der Waals surface area contributed by atoms with Crippen molar-refractivity contribution in [3.63, 3.8) is 0 Å². The van der Waals surface area contributed by atoms with Crippen LogP contribution >= 0.6 is 0 Å². The predicted molar refractivity (Wildman–Crippen MR) is 198 cm³/mol. The van der Waals surface area contributed by atoms with E-state index in [4.69, 9.17) is 0 Å². The van der Waals surface area contributed by atoms with Gasteiger partial charge in [-0.1, -0.05) is 123 Å². The summed E-state index contributed by atoms with van der Waals surface area (Å²) < 4.78 is 4.87. The standard InChI is InChI=1S/C45H32N2/c1-45(2)39-20-9-6-15-33(39)37-28-43-38(27-40(37)45)35-17-8-10-21-41(35)46(43)31-25-23-29(24-26-31)32-18-12-19-36-34-16-7-11-22-42(34)47(44(32)36)30-13-4-3-5-14-30/h3-28H,1-2H3. The Morgan fingerprint density at radius 1 is 0.383 bits per heavy atom. The first-order chi connectivity index (χ1) is 23.1. The normalized spacial score (nSPS) is 13.5. The minimum atomic E-state index is -0.0335. The molecular formula is C45H32N2. The summed E-state index contributed by atoms with van der Waals surface area (Å²) in [6, 6.07) is 58.0. The van der Waals surface area contributed by atoms with Crippen LogP contribution in [0, 0.1) is 0 Å². The molecule has 47 heavy (non-hydrogen) atoms. The Kier molecular flexibility index (Phi) is 5.37. The minimum Gasteiger partial charge on any atom is -0.309 e. The Balaban J connectivity index is 1.19. The van der Waals surface area contributed by atoms with Gasteiger partial charge in [-0.2, -0.15) is 0 Å². The smallest absolute Gasteiger partial charge is 0.0619 e. The van der Waals surface area contributed by atoms with Crippen molar-refractivity contribution in [3.05, 3.63) is 169 Å². The van der Waals surface area contributed by atoms with E-state index in [1.54, 1.807) is 0 Å². The van der Waals surface area contributed by atoms with Gasteiger partial charge in [0.05, 0.1) is 22.1 Å². The Hall–Kier alpha value is -5.86. The van der Waals surface area contributed by atoms with E-state index in [1.807, 2.05) is 0 Å². The molecule has 2 aromatic heterocycles. The van der Waals surface area contributed by atoms with Crippen molar-refractivity contribution in [2.45, 2.75) is 19.3 Å². The lowest BCUT2D eigenvalue weighted by Crippen LogP contribution is -2.14. The quantitative estimate of drug-likeness (QED) is 0.191. The van der Waals surface area contributed by atoms with E-state index in [1.165, 1.54) is 88.4 Å². The van der Waals surface area contributed by atoms with Crippen LogP contribution in [0.3, 0.4) is 0 Å². The summed E-state index contributed by atoms with van der Waals surface area (Å²) in [5.74, 6) is 0. The summed E-state index contributed by atoms with van der Waals surface area (Å²) in [6.07, 6.45) is 0. The van der Waals surface area contributed by atoms with Crippen LogP contribution in [0.1, 0.15) is 25.0 Å². The fourth-order valence-corrected chi connectivity index (χ4v) is 8.33. The van der Waals surface area contributed by atoms with Gasteiger partial charge in [-0.3, -0.25) is 0 Å². The molecule has 2 heterocycles. The van der Waals surface area contributed by atoms with Gasteiger partial charge in [0, 0.05) is 43.9 Å². The summed E-state index contributed by atoms with van der Waals surface area (Å²) in [4.78, 5) is 0. The van der Waals surface area contributed by atoms with E-state index in [0.717, 1.165) is 0 Å². The van der Waals surface area contributed by atoms with E-state index in [2.05, 4.69) is 181 Å². The zero-order valence-corrected chi connectivity index (χ0v) is 26.4. The maximum absolute atomic E-state index is 2.46. The summed E-state index contributed by atoms with van der Waals surface area (Å²) in [7, 11) is 0. The fraction of sp³-hybridized carbons (Fsp3) is 0.0667. The second-order valence-electron chi connectivity index (χ2n) is 13.4. The number of hydrogen-bond donors (Lipinski definition) is 0. The minimum absolute atomic E-state index is 0.0335. The molecule has 0 saturated heterocycles. The highest BCUT2D eigenvalue weighted by Crippen LogP contribution is 2.51. The Labute approximate surface area is 273 Å². The molecule has 0 saturated carbocycles. The number of aromatic nitrogens is 2. The Morgan fingerprint density at radius 3 is 1.77 bits per heavy atom. The molecule has 0 atom stereocenters. The number of benzene rings is 7. The summed E-state index contributed by atoms with van der Waals surface area (Å²) >= 11 is 0. The lowest BCUT2D eigenvalue weighted by Gasteiger charge is -2.21. The second kappa shape index (κ2) is 9.57. The predicted octanol–water partition coefficient (Wildman–Crippen LogP) is 11.9. The van der Waals surface area contributed by atoms with Gasteiger partial charge in [-0.15, -0.1) is 0 Å². The third kappa shape index (κ3) is 3.61. The van der Waals surface area contributed by atoms with Gasteiger partial charge in [0.1, 0.15) is 0 Å². The highest BCUT2D eigenvalue weighted by atomic mass is 15.0. The van der Waals surface area contributed by atoms with Crippen LogP contribution in [0.5, 0.6) is 0 Å². The molecule has 2 nitrogen and oxygen atoms in total. The van der Waals surface area contributed by atoms with E-state index >= 15 is 0 Å². The van der Waals surface area contributed by atoms with Crippen LogP contribution in [0.4, 0.5) is 0 Å². The SMILES string of the molecule is CC1(C)c2ccccc2-c2cc3c(cc21)c1ccccc1n3-c1ccc(-c2cccc3c4ccccc4n(-c4ccccc4)c23)cc1. The second-order valence-corrected chi connectivity index (χ2v) is 13.4. The van der Waals surface area contributed by atoms with Gasteiger partial charge < -0.3 is 9.13 Å². The molecule has 0 aliphatic heterocycles. The van der Waals surface area contributed by atoms with Crippen molar-refractivity contribution < 1.29 is 0 Å². The van der Waals surface area contributed by atoms with Crippen molar-refractivity contribution in [2.24, 2.45) is 0 Å². The third-order valence-corrected chi connectivity index (χ3v) is 10.5. The van der Waals surface area contributed by atoms with E-state index in [0.29, 0.717) is 0 Å². The fourth-order valence-electron chi connectivity index (χ4n) is 8.33. The molecule has 2 heteroatoms. The first kappa shape index (κ1) is 26.4. The van der Waals surface area contributed by atoms with E-state index < -0.39 is 0 Å². The zero-order valence-electron chi connectivity index (χ0n) is 26.4. The molecule has 0 amide bonds. The summed E-state index contributed by atoms with van der Waals surface area (Å²) in [5, 5.41) is 5.14. The van der Waals surface area contributed by atoms with Crippen LogP contribution in [-0.2, 0) is 5.41 Å². The maximum atomic E-state index is 2.46. The Bertz CT molecular complexity index is 2680. The van der Waals surface area contributed by atoms with Crippen LogP contribution in [0.15, 0.2) is 158 Å². The van der Waals surface area contributed by atoms with Gasteiger partial charge in [-0.25, -0.2) is 0 Å². The van der Waals surface area contributed by atoms with Crippen molar-refractivity contribution >= 4 is 43.6 Å². The average molecular weight is 601 g/mol. The summed E-state index contributed by atoms with van der Waals surface area (Å²) in [6.45, 7) is 4.72. The van der Waals surface area contributed by atoms with Gasteiger partial charge in [0.25, 0.3) is 0 Å². The highest BCUT2D eigenvalue weighted by molar-refractivity contribution is 6.14. The molecular weight excluding hydrogens is 569 g/mol.